The highest BCUT2D eigenvalue weighted by molar-refractivity contribution is 5.76. The zero-order valence-electron chi connectivity index (χ0n) is 10.1. The highest BCUT2D eigenvalue weighted by Crippen LogP contribution is 2.27. The SMILES string of the molecule is C=C=C/C=C/C=C\Oc1ccc(C=O)cc1OC. The van der Waals surface area contributed by atoms with Crippen LogP contribution in [0.15, 0.2) is 61.1 Å². The normalized spacial score (nSPS) is 10.3. The molecule has 1 aromatic rings. The number of benzene rings is 1. The molecule has 3 heteroatoms. The van der Waals surface area contributed by atoms with Crippen molar-refractivity contribution < 1.29 is 14.3 Å². The molecule has 0 spiro atoms. The first kappa shape index (κ1) is 13.6. The van der Waals surface area contributed by atoms with Crippen molar-refractivity contribution in [2.45, 2.75) is 0 Å². The van der Waals surface area contributed by atoms with Crippen molar-refractivity contribution in [2.75, 3.05) is 7.11 Å². The van der Waals surface area contributed by atoms with Crippen LogP contribution in [-0.2, 0) is 0 Å². The zero-order valence-corrected chi connectivity index (χ0v) is 10.1. The van der Waals surface area contributed by atoms with Crippen LogP contribution in [0.4, 0.5) is 0 Å². The molecule has 3 nitrogen and oxygen atoms in total. The van der Waals surface area contributed by atoms with Gasteiger partial charge in [0.15, 0.2) is 11.5 Å². The number of aldehydes is 1. The molecule has 0 unspecified atom stereocenters. The highest BCUT2D eigenvalue weighted by atomic mass is 16.5. The predicted octanol–water partition coefficient (Wildman–Crippen LogP) is 3.30. The Morgan fingerprint density at radius 1 is 1.22 bits per heavy atom. The lowest BCUT2D eigenvalue weighted by molar-refractivity contribution is 0.112. The lowest BCUT2D eigenvalue weighted by atomic mass is 10.2. The van der Waals surface area contributed by atoms with Crippen molar-refractivity contribution in [3.8, 4) is 11.5 Å². The second-order valence-electron chi connectivity index (χ2n) is 3.23. The summed E-state index contributed by atoms with van der Waals surface area (Å²) < 4.78 is 10.5. The second-order valence-corrected chi connectivity index (χ2v) is 3.23. The number of ether oxygens (including phenoxy) is 2. The molecule has 0 aromatic heterocycles. The standard InChI is InChI=1S/C15H14O3/c1-3-4-5-6-7-10-18-14-9-8-13(12-16)11-15(14)17-2/h4-12H,1H2,2H3/b6-5+,10-7-. The first-order chi connectivity index (χ1) is 8.81. The fourth-order valence-corrected chi connectivity index (χ4v) is 1.20. The summed E-state index contributed by atoms with van der Waals surface area (Å²) in [6.07, 6.45) is 9.24. The van der Waals surface area contributed by atoms with Crippen molar-refractivity contribution in [1.82, 2.24) is 0 Å². The quantitative estimate of drug-likeness (QED) is 0.332. The maximum absolute atomic E-state index is 10.6. The third-order valence-electron chi connectivity index (χ3n) is 2.03. The molecule has 0 heterocycles. The van der Waals surface area contributed by atoms with Crippen LogP contribution in [0.2, 0.25) is 0 Å². The molecule has 18 heavy (non-hydrogen) atoms. The molecular weight excluding hydrogens is 228 g/mol. The van der Waals surface area contributed by atoms with E-state index < -0.39 is 0 Å². The number of methoxy groups -OCH3 is 1. The van der Waals surface area contributed by atoms with Crippen LogP contribution in [0.25, 0.3) is 0 Å². The summed E-state index contributed by atoms with van der Waals surface area (Å²) in [6.45, 7) is 3.43. The summed E-state index contributed by atoms with van der Waals surface area (Å²) in [5, 5.41) is 0. The molecule has 0 aliphatic carbocycles. The number of rotatable bonds is 6. The molecule has 0 aliphatic heterocycles. The van der Waals surface area contributed by atoms with E-state index in [4.69, 9.17) is 9.47 Å². The first-order valence-electron chi connectivity index (χ1n) is 5.29. The van der Waals surface area contributed by atoms with E-state index in [2.05, 4.69) is 12.3 Å². The van der Waals surface area contributed by atoms with Crippen molar-refractivity contribution in [3.05, 3.63) is 66.6 Å². The molecule has 1 rings (SSSR count). The average Bonchev–Trinajstić information content (AvgIpc) is 2.42. The lowest BCUT2D eigenvalue weighted by Crippen LogP contribution is -1.91. The van der Waals surface area contributed by atoms with Gasteiger partial charge in [-0.15, -0.1) is 5.73 Å². The monoisotopic (exact) mass is 242 g/mol. The molecule has 0 fully saturated rings. The average molecular weight is 242 g/mol. The number of carbonyl (C=O) groups excluding carboxylic acids is 1. The summed E-state index contributed by atoms with van der Waals surface area (Å²) in [4.78, 5) is 10.6. The van der Waals surface area contributed by atoms with E-state index in [1.54, 1.807) is 42.5 Å². The predicted molar refractivity (Wildman–Crippen MR) is 71.0 cm³/mol. The molecule has 1 aromatic carbocycles. The Morgan fingerprint density at radius 3 is 2.72 bits per heavy atom. The maximum atomic E-state index is 10.6. The summed E-state index contributed by atoms with van der Waals surface area (Å²) in [5.74, 6) is 1.06. The van der Waals surface area contributed by atoms with E-state index in [9.17, 15) is 4.79 Å². The molecule has 0 atom stereocenters. The van der Waals surface area contributed by atoms with E-state index in [1.165, 1.54) is 13.4 Å². The van der Waals surface area contributed by atoms with Gasteiger partial charge in [0.2, 0.25) is 0 Å². The van der Waals surface area contributed by atoms with Crippen LogP contribution in [0.3, 0.4) is 0 Å². The molecule has 0 bridgehead atoms. The van der Waals surface area contributed by atoms with Gasteiger partial charge in [-0.25, -0.2) is 0 Å². The number of allylic oxidation sites excluding steroid dienone is 4. The molecule has 0 amide bonds. The fourth-order valence-electron chi connectivity index (χ4n) is 1.20. The number of hydrogen-bond donors (Lipinski definition) is 0. The minimum absolute atomic E-state index is 0.513. The Kier molecular flexibility index (Phi) is 5.81. The van der Waals surface area contributed by atoms with Gasteiger partial charge in [-0.3, -0.25) is 4.79 Å². The zero-order chi connectivity index (χ0) is 13.2. The van der Waals surface area contributed by atoms with E-state index in [0.717, 1.165) is 6.29 Å². The summed E-state index contributed by atoms with van der Waals surface area (Å²) in [5.41, 5.74) is 3.16. The van der Waals surface area contributed by atoms with Crippen LogP contribution < -0.4 is 9.47 Å². The summed E-state index contributed by atoms with van der Waals surface area (Å²) in [7, 11) is 1.52. The Morgan fingerprint density at radius 2 is 2.06 bits per heavy atom. The molecular formula is C15H14O3. The Hall–Kier alpha value is -2.51. The third kappa shape index (κ3) is 4.16. The van der Waals surface area contributed by atoms with Gasteiger partial charge >= 0.3 is 0 Å². The van der Waals surface area contributed by atoms with Crippen LogP contribution in [-0.4, -0.2) is 13.4 Å². The van der Waals surface area contributed by atoms with E-state index >= 15 is 0 Å². The molecule has 0 radical (unpaired) electrons. The Bertz CT molecular complexity index is 506. The van der Waals surface area contributed by atoms with Crippen LogP contribution in [0.5, 0.6) is 11.5 Å². The van der Waals surface area contributed by atoms with Crippen LogP contribution in [0.1, 0.15) is 10.4 Å². The van der Waals surface area contributed by atoms with Crippen LogP contribution in [0, 0.1) is 0 Å². The van der Waals surface area contributed by atoms with Crippen molar-refractivity contribution in [1.29, 1.82) is 0 Å². The van der Waals surface area contributed by atoms with E-state index in [-0.39, 0.29) is 0 Å². The van der Waals surface area contributed by atoms with Crippen molar-refractivity contribution >= 4 is 6.29 Å². The van der Waals surface area contributed by atoms with Gasteiger partial charge in [0, 0.05) is 5.56 Å². The number of carbonyl (C=O) groups is 1. The van der Waals surface area contributed by atoms with Gasteiger partial charge in [0.25, 0.3) is 0 Å². The minimum Gasteiger partial charge on any atom is -0.493 e. The summed E-state index contributed by atoms with van der Waals surface area (Å²) >= 11 is 0. The Balaban J connectivity index is 2.72. The van der Waals surface area contributed by atoms with Gasteiger partial charge in [-0.05, 0) is 30.4 Å². The summed E-state index contributed by atoms with van der Waals surface area (Å²) in [6, 6.07) is 4.96. The third-order valence-corrected chi connectivity index (χ3v) is 2.03. The van der Waals surface area contributed by atoms with Crippen LogP contribution >= 0.6 is 0 Å². The van der Waals surface area contributed by atoms with Gasteiger partial charge in [-0.2, -0.15) is 0 Å². The largest absolute Gasteiger partial charge is 0.493 e. The highest BCUT2D eigenvalue weighted by Gasteiger charge is 2.03. The van der Waals surface area contributed by atoms with Gasteiger partial charge in [0.05, 0.1) is 13.4 Å². The molecule has 0 aliphatic rings. The second kappa shape index (κ2) is 7.71. The topological polar surface area (TPSA) is 35.5 Å². The van der Waals surface area contributed by atoms with Gasteiger partial charge in [0.1, 0.15) is 6.29 Å². The minimum atomic E-state index is 0.513. The van der Waals surface area contributed by atoms with E-state index in [0.29, 0.717) is 17.1 Å². The maximum Gasteiger partial charge on any atom is 0.168 e. The fraction of sp³-hybridized carbons (Fsp3) is 0.0667. The first-order valence-corrected chi connectivity index (χ1v) is 5.29. The van der Waals surface area contributed by atoms with Crippen molar-refractivity contribution in [2.24, 2.45) is 0 Å². The van der Waals surface area contributed by atoms with Crippen molar-refractivity contribution in [3.63, 3.8) is 0 Å². The molecule has 0 saturated heterocycles. The van der Waals surface area contributed by atoms with E-state index in [1.807, 2.05) is 0 Å². The molecule has 0 N–H and O–H groups in total. The van der Waals surface area contributed by atoms with Gasteiger partial charge in [-0.1, -0.05) is 18.7 Å². The lowest BCUT2D eigenvalue weighted by Gasteiger charge is -2.07. The van der Waals surface area contributed by atoms with Gasteiger partial charge < -0.3 is 9.47 Å². The number of hydrogen-bond acceptors (Lipinski definition) is 3. The molecule has 92 valence electrons. The molecule has 0 saturated carbocycles. The Labute approximate surface area is 106 Å². The smallest absolute Gasteiger partial charge is 0.168 e.